The molecule has 0 fully saturated rings. The molecular formula is C10H20IN5O. The van der Waals surface area contributed by atoms with Gasteiger partial charge in [-0.3, -0.25) is 4.68 Å². The van der Waals surface area contributed by atoms with E-state index in [0.717, 1.165) is 12.2 Å². The predicted molar refractivity (Wildman–Crippen MR) is 78.5 cm³/mol. The van der Waals surface area contributed by atoms with Crippen molar-refractivity contribution in [3.05, 3.63) is 18.0 Å². The molecule has 0 bridgehead atoms. The van der Waals surface area contributed by atoms with Gasteiger partial charge in [-0.15, -0.1) is 24.0 Å². The highest BCUT2D eigenvalue weighted by Crippen LogP contribution is 1.97. The number of guanidine groups is 1. The number of aromatic nitrogens is 2. The summed E-state index contributed by atoms with van der Waals surface area (Å²) in [4.78, 5) is 4.38. The van der Waals surface area contributed by atoms with E-state index in [2.05, 4.69) is 20.7 Å². The van der Waals surface area contributed by atoms with Crippen molar-refractivity contribution >= 4 is 29.9 Å². The lowest BCUT2D eigenvalue weighted by molar-refractivity contribution is 0.300. The Hall–Kier alpha value is -0.830. The van der Waals surface area contributed by atoms with Crippen LogP contribution in [-0.2, 0) is 13.6 Å². The van der Waals surface area contributed by atoms with Crippen LogP contribution in [0.4, 0.5) is 0 Å². The third kappa shape index (κ3) is 5.87. The Kier molecular flexibility index (Phi) is 8.78. The zero-order valence-corrected chi connectivity index (χ0v) is 12.5. The highest BCUT2D eigenvalue weighted by Gasteiger charge is 1.99. The zero-order chi connectivity index (χ0) is 11.8. The summed E-state index contributed by atoms with van der Waals surface area (Å²) < 4.78 is 1.79. The Morgan fingerprint density at radius 3 is 2.82 bits per heavy atom. The van der Waals surface area contributed by atoms with Gasteiger partial charge in [-0.25, -0.2) is 4.99 Å². The Labute approximate surface area is 119 Å². The van der Waals surface area contributed by atoms with Crippen molar-refractivity contribution in [1.82, 2.24) is 20.4 Å². The molecular weight excluding hydrogens is 333 g/mol. The third-order valence-corrected chi connectivity index (χ3v) is 2.07. The minimum atomic E-state index is 0. The van der Waals surface area contributed by atoms with E-state index in [1.165, 1.54) is 0 Å². The van der Waals surface area contributed by atoms with Crippen LogP contribution < -0.4 is 10.6 Å². The Bertz CT molecular complexity index is 339. The summed E-state index contributed by atoms with van der Waals surface area (Å²) in [7, 11) is 1.89. The van der Waals surface area contributed by atoms with E-state index < -0.39 is 0 Å². The van der Waals surface area contributed by atoms with Gasteiger partial charge in [-0.05, 0) is 13.0 Å². The van der Waals surface area contributed by atoms with Crippen LogP contribution in [0.1, 0.15) is 12.6 Å². The molecule has 0 aliphatic carbocycles. The first-order chi connectivity index (χ1) is 7.77. The van der Waals surface area contributed by atoms with E-state index in [9.17, 15) is 0 Å². The van der Waals surface area contributed by atoms with E-state index in [1.54, 1.807) is 10.9 Å². The quantitative estimate of drug-likeness (QED) is 0.398. The molecule has 0 unspecified atom stereocenters. The number of hydrogen-bond acceptors (Lipinski definition) is 3. The van der Waals surface area contributed by atoms with Crippen LogP contribution in [0, 0.1) is 0 Å². The molecule has 0 spiro atoms. The topological polar surface area (TPSA) is 74.5 Å². The fourth-order valence-corrected chi connectivity index (χ4v) is 1.23. The Morgan fingerprint density at radius 1 is 1.53 bits per heavy atom. The summed E-state index contributed by atoms with van der Waals surface area (Å²) in [6.07, 6.45) is 1.75. The number of aliphatic hydroxyl groups excluding tert-OH is 1. The van der Waals surface area contributed by atoms with Gasteiger partial charge in [0.05, 0.1) is 18.8 Å². The molecule has 0 saturated carbocycles. The van der Waals surface area contributed by atoms with Crippen molar-refractivity contribution < 1.29 is 5.11 Å². The summed E-state index contributed by atoms with van der Waals surface area (Å²) in [6.45, 7) is 3.95. The maximum Gasteiger partial charge on any atom is 0.191 e. The maximum absolute atomic E-state index is 8.72. The normalized spacial score (nSPS) is 10.9. The molecule has 1 aromatic rings. The van der Waals surface area contributed by atoms with E-state index in [4.69, 9.17) is 5.11 Å². The minimum absolute atomic E-state index is 0. The van der Waals surface area contributed by atoms with E-state index in [-0.39, 0.29) is 30.6 Å². The summed E-state index contributed by atoms with van der Waals surface area (Å²) in [5, 5.41) is 18.9. The van der Waals surface area contributed by atoms with Crippen LogP contribution in [0.5, 0.6) is 0 Å². The van der Waals surface area contributed by atoms with E-state index in [1.807, 2.05) is 20.0 Å². The molecule has 0 radical (unpaired) electrons. The van der Waals surface area contributed by atoms with E-state index in [0.29, 0.717) is 19.0 Å². The first-order valence-corrected chi connectivity index (χ1v) is 5.37. The largest absolute Gasteiger partial charge is 0.395 e. The average Bonchev–Trinajstić information content (AvgIpc) is 2.68. The molecule has 0 aliphatic heterocycles. The van der Waals surface area contributed by atoms with Gasteiger partial charge in [0, 0.05) is 26.3 Å². The number of aliphatic hydroxyl groups is 1. The fourth-order valence-electron chi connectivity index (χ4n) is 1.23. The predicted octanol–water partition coefficient (Wildman–Crippen LogP) is 0.0855. The molecule has 98 valence electrons. The maximum atomic E-state index is 8.72. The number of nitrogens with one attached hydrogen (secondary N) is 2. The average molecular weight is 353 g/mol. The van der Waals surface area contributed by atoms with Crippen LogP contribution in [0.25, 0.3) is 0 Å². The molecule has 0 aromatic carbocycles. The first kappa shape index (κ1) is 16.2. The minimum Gasteiger partial charge on any atom is -0.395 e. The van der Waals surface area contributed by atoms with Gasteiger partial charge in [-0.1, -0.05) is 0 Å². The Morgan fingerprint density at radius 2 is 2.29 bits per heavy atom. The van der Waals surface area contributed by atoms with Crippen molar-refractivity contribution in [2.24, 2.45) is 12.0 Å². The number of aliphatic imine (C=N–C) groups is 1. The highest BCUT2D eigenvalue weighted by atomic mass is 127. The Balaban J connectivity index is 0.00000256. The second kappa shape index (κ2) is 9.23. The lowest BCUT2D eigenvalue weighted by atomic mass is 10.4. The molecule has 0 atom stereocenters. The number of aryl methyl sites for hydroxylation is 1. The molecule has 0 aliphatic rings. The van der Waals surface area contributed by atoms with E-state index >= 15 is 0 Å². The van der Waals surface area contributed by atoms with Crippen molar-refractivity contribution in [1.29, 1.82) is 0 Å². The summed E-state index contributed by atoms with van der Waals surface area (Å²) in [5.41, 5.74) is 1.04. The van der Waals surface area contributed by atoms with Crippen LogP contribution in [0.2, 0.25) is 0 Å². The SMILES string of the molecule is CCNC(=NCc1ccnn1C)NCCO.I. The van der Waals surface area contributed by atoms with Gasteiger partial charge < -0.3 is 15.7 Å². The lowest BCUT2D eigenvalue weighted by Gasteiger charge is -2.09. The number of halogens is 1. The van der Waals surface area contributed by atoms with Crippen molar-refractivity contribution in [3.63, 3.8) is 0 Å². The summed E-state index contributed by atoms with van der Waals surface area (Å²) in [5.74, 6) is 0.706. The molecule has 1 heterocycles. The molecule has 7 heteroatoms. The number of hydrogen-bond donors (Lipinski definition) is 3. The number of rotatable bonds is 5. The molecule has 6 nitrogen and oxygen atoms in total. The lowest BCUT2D eigenvalue weighted by Crippen LogP contribution is -2.38. The molecule has 3 N–H and O–H groups in total. The van der Waals surface area contributed by atoms with Gasteiger partial charge in [0.1, 0.15) is 0 Å². The molecule has 0 amide bonds. The smallest absolute Gasteiger partial charge is 0.191 e. The van der Waals surface area contributed by atoms with Gasteiger partial charge in [-0.2, -0.15) is 5.10 Å². The van der Waals surface area contributed by atoms with Crippen molar-refractivity contribution in [3.8, 4) is 0 Å². The van der Waals surface area contributed by atoms with Crippen LogP contribution in [0.15, 0.2) is 17.3 Å². The summed E-state index contributed by atoms with van der Waals surface area (Å²) >= 11 is 0. The van der Waals surface area contributed by atoms with Gasteiger partial charge in [0.25, 0.3) is 0 Å². The molecule has 1 aromatic heterocycles. The molecule has 1 rings (SSSR count). The molecule has 0 saturated heterocycles. The second-order valence-electron chi connectivity index (χ2n) is 3.29. The zero-order valence-electron chi connectivity index (χ0n) is 10.2. The highest BCUT2D eigenvalue weighted by molar-refractivity contribution is 14.0. The summed E-state index contributed by atoms with van der Waals surface area (Å²) in [6, 6.07) is 1.93. The van der Waals surface area contributed by atoms with Crippen LogP contribution in [-0.4, -0.2) is 40.5 Å². The second-order valence-corrected chi connectivity index (χ2v) is 3.29. The van der Waals surface area contributed by atoms with Gasteiger partial charge in [0.15, 0.2) is 5.96 Å². The standard InChI is InChI=1S/C10H19N5O.HI/c1-3-11-10(12-6-7-16)13-8-9-4-5-14-15(9)2;/h4-5,16H,3,6-8H2,1-2H3,(H2,11,12,13);1H. The van der Waals surface area contributed by atoms with Crippen LogP contribution in [0.3, 0.4) is 0 Å². The van der Waals surface area contributed by atoms with Crippen molar-refractivity contribution in [2.75, 3.05) is 19.7 Å². The van der Waals surface area contributed by atoms with Crippen LogP contribution >= 0.6 is 24.0 Å². The molecule has 17 heavy (non-hydrogen) atoms. The first-order valence-electron chi connectivity index (χ1n) is 5.37. The van der Waals surface area contributed by atoms with Gasteiger partial charge in [0.2, 0.25) is 0 Å². The third-order valence-electron chi connectivity index (χ3n) is 2.07. The van der Waals surface area contributed by atoms with Crippen molar-refractivity contribution in [2.45, 2.75) is 13.5 Å². The number of nitrogens with zero attached hydrogens (tertiary/aromatic N) is 3. The fraction of sp³-hybridized carbons (Fsp3) is 0.600. The van der Waals surface area contributed by atoms with Gasteiger partial charge >= 0.3 is 0 Å². The monoisotopic (exact) mass is 353 g/mol.